The van der Waals surface area contributed by atoms with Crippen LogP contribution in [-0.2, 0) is 6.54 Å². The van der Waals surface area contributed by atoms with Gasteiger partial charge in [0, 0.05) is 17.8 Å². The molecule has 0 radical (unpaired) electrons. The number of aryl methyl sites for hydroxylation is 1. The quantitative estimate of drug-likeness (QED) is 0.796. The van der Waals surface area contributed by atoms with E-state index in [-0.39, 0.29) is 5.91 Å². The van der Waals surface area contributed by atoms with Gasteiger partial charge < -0.3 is 10.1 Å². The number of carbonyl (C=O) groups excluding carboxylic acids is 1. The van der Waals surface area contributed by atoms with Crippen LogP contribution in [0.1, 0.15) is 17.3 Å². The van der Waals surface area contributed by atoms with E-state index in [0.717, 1.165) is 12.1 Å². The van der Waals surface area contributed by atoms with Gasteiger partial charge in [0.1, 0.15) is 11.3 Å². The predicted octanol–water partition coefficient (Wildman–Crippen LogP) is 3.37. The average molecular weight is 331 g/mol. The van der Waals surface area contributed by atoms with E-state index in [1.54, 1.807) is 35.0 Å². The highest BCUT2D eigenvalue weighted by Gasteiger charge is 2.11. The highest BCUT2D eigenvalue weighted by molar-refractivity contribution is 6.32. The summed E-state index contributed by atoms with van der Waals surface area (Å²) in [6.07, 6.45) is 0. The fourth-order valence-corrected chi connectivity index (χ4v) is 2.55. The maximum Gasteiger partial charge on any atom is 0.255 e. The molecule has 0 atom stereocenters. The summed E-state index contributed by atoms with van der Waals surface area (Å²) < 4.78 is 6.87. The molecule has 118 valence electrons. The summed E-state index contributed by atoms with van der Waals surface area (Å²) in [5, 5.41) is 11.3. The maximum atomic E-state index is 12.4. The minimum Gasteiger partial charge on any atom is -0.495 e. The Bertz CT molecular complexity index is 876. The van der Waals surface area contributed by atoms with E-state index in [9.17, 15) is 4.79 Å². The van der Waals surface area contributed by atoms with Gasteiger partial charge >= 0.3 is 0 Å². The standard InChI is InChI=1S/C16H15ClN4O2/c1-3-21-14-6-4-10(8-13(14)19-20-21)16(22)18-11-5-7-15(23-2)12(17)9-11/h4-9H,3H2,1-2H3,(H,18,22). The van der Waals surface area contributed by atoms with Gasteiger partial charge in [0.25, 0.3) is 5.91 Å². The fraction of sp³-hybridized carbons (Fsp3) is 0.188. The van der Waals surface area contributed by atoms with Crippen molar-refractivity contribution in [2.24, 2.45) is 0 Å². The predicted molar refractivity (Wildman–Crippen MR) is 89.2 cm³/mol. The molecule has 0 bridgehead atoms. The summed E-state index contributed by atoms with van der Waals surface area (Å²) in [6, 6.07) is 10.4. The van der Waals surface area contributed by atoms with Gasteiger partial charge in [0.2, 0.25) is 0 Å². The Morgan fingerprint density at radius 2 is 2.13 bits per heavy atom. The van der Waals surface area contributed by atoms with Crippen molar-refractivity contribution in [3.63, 3.8) is 0 Å². The van der Waals surface area contributed by atoms with Gasteiger partial charge in [-0.2, -0.15) is 0 Å². The van der Waals surface area contributed by atoms with E-state index in [4.69, 9.17) is 16.3 Å². The number of anilines is 1. The van der Waals surface area contributed by atoms with E-state index < -0.39 is 0 Å². The third-order valence-corrected chi connectivity index (χ3v) is 3.78. The van der Waals surface area contributed by atoms with Crippen LogP contribution in [0.2, 0.25) is 5.02 Å². The molecule has 0 saturated carbocycles. The second kappa shape index (κ2) is 6.26. The first-order valence-corrected chi connectivity index (χ1v) is 7.48. The minimum atomic E-state index is -0.237. The molecule has 1 amide bonds. The van der Waals surface area contributed by atoms with Crippen molar-refractivity contribution in [1.29, 1.82) is 0 Å². The summed E-state index contributed by atoms with van der Waals surface area (Å²) in [5.74, 6) is 0.321. The molecule has 23 heavy (non-hydrogen) atoms. The molecule has 0 aliphatic rings. The summed E-state index contributed by atoms with van der Waals surface area (Å²) in [4.78, 5) is 12.4. The van der Waals surface area contributed by atoms with E-state index in [1.165, 1.54) is 7.11 Å². The number of nitrogens with one attached hydrogen (secondary N) is 1. The largest absolute Gasteiger partial charge is 0.495 e. The van der Waals surface area contributed by atoms with E-state index in [0.29, 0.717) is 27.5 Å². The number of hydrogen-bond donors (Lipinski definition) is 1. The molecular formula is C16H15ClN4O2. The Kier molecular flexibility index (Phi) is 4.16. The number of benzene rings is 2. The van der Waals surface area contributed by atoms with Crippen molar-refractivity contribution < 1.29 is 9.53 Å². The molecule has 2 aromatic carbocycles. The Labute approximate surface area is 138 Å². The number of ether oxygens (including phenoxy) is 1. The molecule has 1 heterocycles. The van der Waals surface area contributed by atoms with Crippen LogP contribution < -0.4 is 10.1 Å². The second-order valence-electron chi connectivity index (χ2n) is 4.91. The molecular weight excluding hydrogens is 316 g/mol. The molecule has 3 aromatic rings. The number of fused-ring (bicyclic) bond motifs is 1. The lowest BCUT2D eigenvalue weighted by atomic mass is 10.2. The lowest BCUT2D eigenvalue weighted by Crippen LogP contribution is -2.11. The van der Waals surface area contributed by atoms with Gasteiger partial charge in [0.15, 0.2) is 0 Å². The monoisotopic (exact) mass is 330 g/mol. The third-order valence-electron chi connectivity index (χ3n) is 3.49. The van der Waals surface area contributed by atoms with Gasteiger partial charge in [-0.15, -0.1) is 5.10 Å². The zero-order valence-electron chi connectivity index (χ0n) is 12.7. The lowest BCUT2D eigenvalue weighted by molar-refractivity contribution is 0.102. The fourth-order valence-electron chi connectivity index (χ4n) is 2.29. The SMILES string of the molecule is CCn1nnc2cc(C(=O)Nc3ccc(OC)c(Cl)c3)ccc21. The summed E-state index contributed by atoms with van der Waals surface area (Å²) in [5.41, 5.74) is 2.69. The van der Waals surface area contributed by atoms with Crippen molar-refractivity contribution in [2.75, 3.05) is 12.4 Å². The highest BCUT2D eigenvalue weighted by Crippen LogP contribution is 2.27. The Morgan fingerprint density at radius 1 is 1.30 bits per heavy atom. The molecule has 0 fully saturated rings. The van der Waals surface area contributed by atoms with E-state index >= 15 is 0 Å². The molecule has 3 rings (SSSR count). The van der Waals surface area contributed by atoms with Crippen LogP contribution >= 0.6 is 11.6 Å². The normalized spacial score (nSPS) is 10.7. The molecule has 1 aromatic heterocycles. The minimum absolute atomic E-state index is 0.237. The first kappa shape index (κ1) is 15.3. The summed E-state index contributed by atoms with van der Waals surface area (Å²) in [7, 11) is 1.54. The topological polar surface area (TPSA) is 69.0 Å². The molecule has 0 saturated heterocycles. The second-order valence-corrected chi connectivity index (χ2v) is 5.32. The first-order valence-electron chi connectivity index (χ1n) is 7.10. The summed E-state index contributed by atoms with van der Waals surface area (Å²) >= 11 is 6.06. The molecule has 0 spiro atoms. The summed E-state index contributed by atoms with van der Waals surface area (Å²) in [6.45, 7) is 2.72. The average Bonchev–Trinajstić information content (AvgIpc) is 2.97. The van der Waals surface area contributed by atoms with Gasteiger partial charge in [-0.1, -0.05) is 16.8 Å². The third kappa shape index (κ3) is 2.98. The number of rotatable bonds is 4. The van der Waals surface area contributed by atoms with Crippen LogP contribution in [0.5, 0.6) is 5.75 Å². The van der Waals surface area contributed by atoms with Gasteiger partial charge in [0.05, 0.1) is 17.6 Å². The number of aromatic nitrogens is 3. The molecule has 1 N–H and O–H groups in total. The molecule has 6 nitrogen and oxygen atoms in total. The van der Waals surface area contributed by atoms with Crippen LogP contribution in [0.25, 0.3) is 11.0 Å². The molecule has 7 heteroatoms. The molecule has 0 aliphatic carbocycles. The van der Waals surface area contributed by atoms with Crippen LogP contribution in [0, 0.1) is 0 Å². The van der Waals surface area contributed by atoms with Crippen molar-refractivity contribution in [3.8, 4) is 5.75 Å². The van der Waals surface area contributed by atoms with Crippen molar-refractivity contribution in [3.05, 3.63) is 47.0 Å². The molecule has 0 unspecified atom stereocenters. The zero-order chi connectivity index (χ0) is 16.4. The number of methoxy groups -OCH3 is 1. The smallest absolute Gasteiger partial charge is 0.255 e. The number of halogens is 1. The number of nitrogens with zero attached hydrogens (tertiary/aromatic N) is 3. The maximum absolute atomic E-state index is 12.4. The van der Waals surface area contributed by atoms with Crippen LogP contribution in [-0.4, -0.2) is 28.0 Å². The van der Waals surface area contributed by atoms with Crippen molar-refractivity contribution in [1.82, 2.24) is 15.0 Å². The van der Waals surface area contributed by atoms with Gasteiger partial charge in [-0.05, 0) is 43.3 Å². The first-order chi connectivity index (χ1) is 11.1. The highest BCUT2D eigenvalue weighted by atomic mass is 35.5. The van der Waals surface area contributed by atoms with Gasteiger partial charge in [-0.25, -0.2) is 4.68 Å². The number of carbonyl (C=O) groups is 1. The number of hydrogen-bond acceptors (Lipinski definition) is 4. The lowest BCUT2D eigenvalue weighted by Gasteiger charge is -2.08. The van der Waals surface area contributed by atoms with Crippen molar-refractivity contribution in [2.45, 2.75) is 13.5 Å². The van der Waals surface area contributed by atoms with Crippen LogP contribution in [0.15, 0.2) is 36.4 Å². The Morgan fingerprint density at radius 3 is 2.83 bits per heavy atom. The Balaban J connectivity index is 1.84. The van der Waals surface area contributed by atoms with E-state index in [2.05, 4.69) is 15.6 Å². The Hall–Kier alpha value is -2.60. The van der Waals surface area contributed by atoms with Crippen molar-refractivity contribution >= 4 is 34.2 Å². The zero-order valence-corrected chi connectivity index (χ0v) is 13.5. The van der Waals surface area contributed by atoms with Gasteiger partial charge in [-0.3, -0.25) is 4.79 Å². The van der Waals surface area contributed by atoms with E-state index in [1.807, 2.05) is 13.0 Å². The number of amides is 1. The van der Waals surface area contributed by atoms with Crippen LogP contribution in [0.3, 0.4) is 0 Å². The van der Waals surface area contributed by atoms with Crippen LogP contribution in [0.4, 0.5) is 5.69 Å². The molecule has 0 aliphatic heterocycles.